The molecule has 1 aromatic carbocycles. The molecule has 0 unspecified atom stereocenters. The van der Waals surface area contributed by atoms with Gasteiger partial charge in [0.05, 0.1) is 0 Å². The van der Waals surface area contributed by atoms with E-state index in [0.717, 1.165) is 17.7 Å². The van der Waals surface area contributed by atoms with Gasteiger partial charge in [-0.05, 0) is 37.1 Å². The van der Waals surface area contributed by atoms with Crippen molar-refractivity contribution in [1.82, 2.24) is 9.80 Å². The molecule has 2 fully saturated rings. The fraction of sp³-hybridized carbons (Fsp3) is 0.375. The Kier molecular flexibility index (Phi) is 4.53. The molecule has 7 nitrogen and oxygen atoms in total. The Morgan fingerprint density at radius 2 is 1.71 bits per heavy atom. The van der Waals surface area contributed by atoms with Gasteiger partial charge in [0, 0.05) is 16.8 Å². The van der Waals surface area contributed by atoms with Crippen molar-refractivity contribution in [3.8, 4) is 0 Å². The van der Waals surface area contributed by atoms with Crippen LogP contribution in [-0.4, -0.2) is 46.1 Å². The molecule has 1 saturated heterocycles. The topological polar surface area (TPSA) is 86.8 Å². The third kappa shape index (κ3) is 3.12. The van der Waals surface area contributed by atoms with E-state index >= 15 is 0 Å². The van der Waals surface area contributed by atoms with Crippen LogP contribution < -0.4 is 5.32 Å². The van der Waals surface area contributed by atoms with Crippen molar-refractivity contribution in [3.63, 3.8) is 0 Å². The van der Waals surface area contributed by atoms with E-state index < -0.39 is 30.3 Å². The van der Waals surface area contributed by atoms with Gasteiger partial charge in [-0.15, -0.1) is 0 Å². The van der Waals surface area contributed by atoms with Crippen LogP contribution in [0.2, 0.25) is 5.02 Å². The highest BCUT2D eigenvalue weighted by atomic mass is 35.5. The average Bonchev–Trinajstić information content (AvgIpc) is 3.14. The van der Waals surface area contributed by atoms with Gasteiger partial charge in [0.15, 0.2) is 0 Å². The maximum Gasteiger partial charge on any atom is 0.334 e. The highest BCUT2D eigenvalue weighted by Gasteiger charge is 2.48. The average molecular weight is 350 g/mol. The fourth-order valence-corrected chi connectivity index (χ4v) is 3.15. The van der Waals surface area contributed by atoms with Crippen LogP contribution in [0.25, 0.3) is 0 Å². The molecule has 1 aromatic rings. The molecule has 0 radical (unpaired) electrons. The quantitative estimate of drug-likeness (QED) is 0.665. The number of urea groups is 1. The van der Waals surface area contributed by atoms with Crippen LogP contribution >= 0.6 is 11.6 Å². The predicted octanol–water partition coefficient (Wildman–Crippen LogP) is 2.01. The molecule has 126 valence electrons. The number of nitrogens with one attached hydrogen (secondary N) is 1. The smallest absolute Gasteiger partial charge is 0.325 e. The van der Waals surface area contributed by atoms with Crippen molar-refractivity contribution < 1.29 is 19.2 Å². The molecule has 1 N–H and O–H groups in total. The second-order valence-electron chi connectivity index (χ2n) is 5.84. The molecule has 0 spiro atoms. The van der Waals surface area contributed by atoms with Gasteiger partial charge in [0.2, 0.25) is 5.91 Å². The Morgan fingerprint density at radius 3 is 2.33 bits per heavy atom. The summed E-state index contributed by atoms with van der Waals surface area (Å²) < 4.78 is 0. The van der Waals surface area contributed by atoms with Gasteiger partial charge < -0.3 is 5.32 Å². The summed E-state index contributed by atoms with van der Waals surface area (Å²) in [7, 11) is 0. The maximum atomic E-state index is 12.4. The Morgan fingerprint density at radius 1 is 1.08 bits per heavy atom. The summed E-state index contributed by atoms with van der Waals surface area (Å²) in [6.45, 7) is -0.491. The summed E-state index contributed by atoms with van der Waals surface area (Å²) in [6.07, 6.45) is 3.26. The van der Waals surface area contributed by atoms with Crippen molar-refractivity contribution in [2.45, 2.75) is 31.7 Å². The molecule has 1 saturated carbocycles. The summed E-state index contributed by atoms with van der Waals surface area (Å²) in [5.41, 5.74) is 0.488. The SMILES string of the molecule is O=C(CN1C(=O)C(=O)N(C2CCCC2)C1=O)Nc1ccc(Cl)cc1. The third-order valence-corrected chi connectivity index (χ3v) is 4.46. The molecule has 1 aliphatic heterocycles. The van der Waals surface area contributed by atoms with Crippen molar-refractivity contribution >= 4 is 41.0 Å². The van der Waals surface area contributed by atoms with Gasteiger partial charge in [-0.1, -0.05) is 24.4 Å². The Labute approximate surface area is 143 Å². The van der Waals surface area contributed by atoms with E-state index in [1.54, 1.807) is 24.3 Å². The number of imide groups is 2. The Hall–Kier alpha value is -2.41. The standard InChI is InChI=1S/C16H16ClN3O4/c17-10-5-7-11(8-6-10)18-13(21)9-19-14(22)15(23)20(16(19)24)12-3-1-2-4-12/h5-8,12H,1-4,9H2,(H,18,21). The number of hydrogen-bond donors (Lipinski definition) is 1. The summed E-state index contributed by atoms with van der Waals surface area (Å²) in [6, 6.07) is 5.47. The lowest BCUT2D eigenvalue weighted by Gasteiger charge is -2.20. The number of hydrogen-bond acceptors (Lipinski definition) is 4. The molecule has 0 bridgehead atoms. The minimum Gasteiger partial charge on any atom is -0.325 e. The summed E-state index contributed by atoms with van der Waals surface area (Å²) >= 11 is 5.76. The molecule has 1 aliphatic carbocycles. The van der Waals surface area contributed by atoms with E-state index in [-0.39, 0.29) is 6.04 Å². The van der Waals surface area contributed by atoms with Crippen LogP contribution in [0, 0.1) is 0 Å². The van der Waals surface area contributed by atoms with Crippen LogP contribution in [0.3, 0.4) is 0 Å². The Balaban J connectivity index is 1.66. The van der Waals surface area contributed by atoms with Crippen LogP contribution in [0.4, 0.5) is 10.5 Å². The van der Waals surface area contributed by atoms with E-state index in [0.29, 0.717) is 28.5 Å². The molecule has 0 atom stereocenters. The first-order valence-electron chi connectivity index (χ1n) is 7.72. The van der Waals surface area contributed by atoms with Crippen LogP contribution in [-0.2, 0) is 14.4 Å². The van der Waals surface area contributed by atoms with Crippen LogP contribution in [0.1, 0.15) is 25.7 Å². The molecule has 2 aliphatic rings. The third-order valence-electron chi connectivity index (χ3n) is 4.20. The van der Waals surface area contributed by atoms with Gasteiger partial charge >= 0.3 is 17.8 Å². The van der Waals surface area contributed by atoms with Gasteiger partial charge in [-0.3, -0.25) is 19.3 Å². The summed E-state index contributed by atoms with van der Waals surface area (Å²) in [4.78, 5) is 50.2. The Bertz CT molecular complexity index is 698. The largest absolute Gasteiger partial charge is 0.334 e. The molecule has 24 heavy (non-hydrogen) atoms. The number of amides is 5. The number of benzene rings is 1. The fourth-order valence-electron chi connectivity index (χ4n) is 3.02. The number of carbonyl (C=O) groups is 4. The van der Waals surface area contributed by atoms with Gasteiger partial charge in [0.1, 0.15) is 6.54 Å². The zero-order chi connectivity index (χ0) is 17.3. The number of anilines is 1. The highest BCUT2D eigenvalue weighted by molar-refractivity contribution is 6.45. The minimum absolute atomic E-state index is 0.238. The van der Waals surface area contributed by atoms with E-state index in [1.807, 2.05) is 0 Å². The van der Waals surface area contributed by atoms with Crippen molar-refractivity contribution in [2.75, 3.05) is 11.9 Å². The molecular weight excluding hydrogens is 334 g/mol. The lowest BCUT2D eigenvalue weighted by Crippen LogP contribution is -2.41. The van der Waals surface area contributed by atoms with E-state index in [2.05, 4.69) is 5.32 Å². The van der Waals surface area contributed by atoms with Crippen molar-refractivity contribution in [1.29, 1.82) is 0 Å². The summed E-state index contributed by atoms with van der Waals surface area (Å²) in [5, 5.41) is 3.09. The van der Waals surface area contributed by atoms with Crippen molar-refractivity contribution in [3.05, 3.63) is 29.3 Å². The molecule has 3 rings (SSSR count). The van der Waals surface area contributed by atoms with Gasteiger partial charge in [0.25, 0.3) is 0 Å². The number of carbonyl (C=O) groups excluding carboxylic acids is 4. The lowest BCUT2D eigenvalue weighted by atomic mass is 10.2. The molecule has 5 amide bonds. The second-order valence-corrected chi connectivity index (χ2v) is 6.28. The first-order chi connectivity index (χ1) is 11.5. The first-order valence-corrected chi connectivity index (χ1v) is 8.09. The van der Waals surface area contributed by atoms with E-state index in [4.69, 9.17) is 11.6 Å². The van der Waals surface area contributed by atoms with Crippen LogP contribution in [0.15, 0.2) is 24.3 Å². The van der Waals surface area contributed by atoms with E-state index in [9.17, 15) is 19.2 Å². The van der Waals surface area contributed by atoms with Crippen molar-refractivity contribution in [2.24, 2.45) is 0 Å². The number of halogens is 1. The number of rotatable bonds is 4. The van der Waals surface area contributed by atoms with Gasteiger partial charge in [-0.2, -0.15) is 0 Å². The summed E-state index contributed by atoms with van der Waals surface area (Å²) in [5.74, 6) is -2.34. The second kappa shape index (κ2) is 6.60. The van der Waals surface area contributed by atoms with Crippen LogP contribution in [0.5, 0.6) is 0 Å². The number of nitrogens with zero attached hydrogens (tertiary/aromatic N) is 2. The maximum absolute atomic E-state index is 12.4. The molecule has 0 aromatic heterocycles. The zero-order valence-electron chi connectivity index (χ0n) is 12.8. The minimum atomic E-state index is -0.946. The first kappa shape index (κ1) is 16.4. The molecular formula is C16H16ClN3O4. The lowest BCUT2D eigenvalue weighted by molar-refractivity contribution is -0.144. The predicted molar refractivity (Wildman–Crippen MR) is 86.3 cm³/mol. The van der Waals surface area contributed by atoms with Gasteiger partial charge in [-0.25, -0.2) is 9.69 Å². The van der Waals surface area contributed by atoms with E-state index in [1.165, 1.54) is 0 Å². The molecule has 8 heteroatoms. The zero-order valence-corrected chi connectivity index (χ0v) is 13.6. The highest BCUT2D eigenvalue weighted by Crippen LogP contribution is 2.27. The molecule has 1 heterocycles. The normalized spacial score (nSPS) is 18.6. The monoisotopic (exact) mass is 349 g/mol.